The molecule has 0 aromatic heterocycles. The van der Waals surface area contributed by atoms with E-state index in [1.165, 1.54) is 18.2 Å². The Morgan fingerprint density at radius 2 is 1.74 bits per heavy atom. The molecule has 2 nitrogen and oxygen atoms in total. The van der Waals surface area contributed by atoms with Gasteiger partial charge in [-0.05, 0) is 48.0 Å². The third kappa shape index (κ3) is 3.66. The number of benzene rings is 2. The van der Waals surface area contributed by atoms with Crippen molar-refractivity contribution in [1.29, 1.82) is 0 Å². The van der Waals surface area contributed by atoms with Gasteiger partial charge in [0.2, 0.25) is 0 Å². The number of hydrogen-bond donors (Lipinski definition) is 0. The summed E-state index contributed by atoms with van der Waals surface area (Å²) in [5.74, 6) is -0.474. The lowest BCUT2D eigenvalue weighted by atomic mass is 10.2. The molecule has 0 aliphatic rings. The van der Waals surface area contributed by atoms with Gasteiger partial charge in [0.1, 0.15) is 5.82 Å². The Labute approximate surface area is 116 Å². The SMILES string of the molecule is O=S(=O)(/C=C/c1cccc(Cl)c1)c1ccc(F)cc1. The van der Waals surface area contributed by atoms with Gasteiger partial charge in [0.05, 0.1) is 4.90 Å². The molecule has 0 heterocycles. The molecule has 98 valence electrons. The minimum atomic E-state index is -3.58. The molecule has 5 heteroatoms. The van der Waals surface area contributed by atoms with E-state index < -0.39 is 15.7 Å². The highest BCUT2D eigenvalue weighted by atomic mass is 35.5. The van der Waals surface area contributed by atoms with Crippen molar-refractivity contribution in [2.75, 3.05) is 0 Å². The first-order chi connectivity index (χ1) is 8.97. The van der Waals surface area contributed by atoms with Gasteiger partial charge < -0.3 is 0 Å². The summed E-state index contributed by atoms with van der Waals surface area (Å²) in [6.07, 6.45) is 1.45. The molecule has 0 aliphatic carbocycles. The standard InChI is InChI=1S/C14H10ClFO2S/c15-12-3-1-2-11(10-12)8-9-19(17,18)14-6-4-13(16)5-7-14/h1-10H/b9-8+. The van der Waals surface area contributed by atoms with Crippen LogP contribution in [0.2, 0.25) is 5.02 Å². The van der Waals surface area contributed by atoms with Crippen molar-refractivity contribution >= 4 is 27.5 Å². The van der Waals surface area contributed by atoms with E-state index in [0.29, 0.717) is 10.6 Å². The van der Waals surface area contributed by atoms with E-state index in [1.54, 1.807) is 24.3 Å². The van der Waals surface area contributed by atoms with Gasteiger partial charge in [0.15, 0.2) is 9.84 Å². The molecule has 0 saturated carbocycles. The van der Waals surface area contributed by atoms with Crippen LogP contribution in [0.5, 0.6) is 0 Å². The Bertz CT molecular complexity index is 706. The molecule has 0 amide bonds. The van der Waals surface area contributed by atoms with E-state index in [0.717, 1.165) is 17.5 Å². The summed E-state index contributed by atoms with van der Waals surface area (Å²) in [6, 6.07) is 11.5. The van der Waals surface area contributed by atoms with Crippen molar-refractivity contribution in [2.45, 2.75) is 4.90 Å². The van der Waals surface area contributed by atoms with Crippen molar-refractivity contribution in [1.82, 2.24) is 0 Å². The highest BCUT2D eigenvalue weighted by Gasteiger charge is 2.09. The maximum atomic E-state index is 12.7. The summed E-state index contributed by atoms with van der Waals surface area (Å²) in [6.45, 7) is 0. The largest absolute Gasteiger partial charge is 0.219 e. The zero-order valence-corrected chi connectivity index (χ0v) is 11.3. The molecule has 0 aliphatic heterocycles. The fourth-order valence-electron chi connectivity index (χ4n) is 1.48. The second-order valence-corrected chi connectivity index (χ2v) is 6.13. The molecule has 0 saturated heterocycles. The maximum Gasteiger partial charge on any atom is 0.199 e. The predicted octanol–water partition coefficient (Wildman–Crippen LogP) is 3.92. The molecule has 0 atom stereocenters. The van der Waals surface area contributed by atoms with E-state index in [-0.39, 0.29) is 4.90 Å². The first-order valence-corrected chi connectivity index (χ1v) is 7.34. The topological polar surface area (TPSA) is 34.1 Å². The molecule has 2 rings (SSSR count). The molecule has 0 radical (unpaired) electrons. The highest BCUT2D eigenvalue weighted by Crippen LogP contribution is 2.16. The second-order valence-electron chi connectivity index (χ2n) is 3.86. The lowest BCUT2D eigenvalue weighted by molar-refractivity contribution is 0.603. The Balaban J connectivity index is 2.29. The minimum Gasteiger partial charge on any atom is -0.219 e. The number of hydrogen-bond acceptors (Lipinski definition) is 2. The molecule has 2 aromatic rings. The highest BCUT2D eigenvalue weighted by molar-refractivity contribution is 7.94. The summed E-state index contributed by atoms with van der Waals surface area (Å²) in [4.78, 5) is 0.0483. The Kier molecular flexibility index (Phi) is 4.02. The van der Waals surface area contributed by atoms with Gasteiger partial charge in [-0.2, -0.15) is 0 Å². The van der Waals surface area contributed by atoms with Gasteiger partial charge in [-0.1, -0.05) is 23.7 Å². The summed E-state index contributed by atoms with van der Waals surface area (Å²) in [5.41, 5.74) is 0.679. The second kappa shape index (κ2) is 5.55. The fourth-order valence-corrected chi connectivity index (χ4v) is 2.69. The third-order valence-corrected chi connectivity index (χ3v) is 4.09. The van der Waals surface area contributed by atoms with E-state index in [2.05, 4.69) is 0 Å². The summed E-state index contributed by atoms with van der Waals surface area (Å²) >= 11 is 5.80. The maximum absolute atomic E-state index is 12.7. The smallest absolute Gasteiger partial charge is 0.199 e. The number of sulfone groups is 1. The average Bonchev–Trinajstić information content (AvgIpc) is 2.37. The molecular formula is C14H10ClFO2S. The van der Waals surface area contributed by atoms with Crippen LogP contribution < -0.4 is 0 Å². The average molecular weight is 297 g/mol. The Morgan fingerprint density at radius 3 is 2.37 bits per heavy atom. The first kappa shape index (κ1) is 13.8. The first-order valence-electron chi connectivity index (χ1n) is 5.42. The van der Waals surface area contributed by atoms with E-state index in [4.69, 9.17) is 11.6 Å². The third-order valence-electron chi connectivity index (χ3n) is 2.43. The quantitative estimate of drug-likeness (QED) is 0.804. The zero-order valence-electron chi connectivity index (χ0n) is 9.75. The van der Waals surface area contributed by atoms with Crippen molar-refractivity contribution < 1.29 is 12.8 Å². The van der Waals surface area contributed by atoms with Crippen LogP contribution in [0.25, 0.3) is 6.08 Å². The summed E-state index contributed by atoms with van der Waals surface area (Å²) in [5, 5.41) is 1.60. The Hall–Kier alpha value is -1.65. The molecule has 0 spiro atoms. The van der Waals surface area contributed by atoms with Gasteiger partial charge in [0.25, 0.3) is 0 Å². The molecule has 2 aromatic carbocycles. The minimum absolute atomic E-state index is 0.0483. The van der Waals surface area contributed by atoms with Crippen LogP contribution in [0.15, 0.2) is 58.8 Å². The molecular weight excluding hydrogens is 287 g/mol. The van der Waals surface area contributed by atoms with Gasteiger partial charge in [-0.15, -0.1) is 0 Å². The number of rotatable bonds is 3. The van der Waals surface area contributed by atoms with Gasteiger partial charge in [0, 0.05) is 10.4 Å². The van der Waals surface area contributed by atoms with Crippen LogP contribution in [-0.4, -0.2) is 8.42 Å². The van der Waals surface area contributed by atoms with Gasteiger partial charge in [-0.25, -0.2) is 12.8 Å². The van der Waals surface area contributed by atoms with Gasteiger partial charge >= 0.3 is 0 Å². The monoisotopic (exact) mass is 296 g/mol. The molecule has 0 unspecified atom stereocenters. The van der Waals surface area contributed by atoms with Gasteiger partial charge in [-0.3, -0.25) is 0 Å². The van der Waals surface area contributed by atoms with E-state index >= 15 is 0 Å². The van der Waals surface area contributed by atoms with Crippen molar-refractivity contribution in [2.24, 2.45) is 0 Å². The summed E-state index contributed by atoms with van der Waals surface area (Å²) in [7, 11) is -3.58. The van der Waals surface area contributed by atoms with Crippen molar-refractivity contribution in [3.05, 3.63) is 70.3 Å². The molecule has 19 heavy (non-hydrogen) atoms. The van der Waals surface area contributed by atoms with Crippen LogP contribution in [0.3, 0.4) is 0 Å². The van der Waals surface area contributed by atoms with Crippen LogP contribution in [0.4, 0.5) is 4.39 Å². The molecule has 0 bridgehead atoms. The summed E-state index contributed by atoms with van der Waals surface area (Å²) < 4.78 is 36.7. The van der Waals surface area contributed by atoms with E-state index in [1.807, 2.05) is 0 Å². The Morgan fingerprint density at radius 1 is 1.05 bits per heavy atom. The van der Waals surface area contributed by atoms with Crippen molar-refractivity contribution in [3.8, 4) is 0 Å². The van der Waals surface area contributed by atoms with Crippen LogP contribution in [0, 0.1) is 5.82 Å². The lowest BCUT2D eigenvalue weighted by Gasteiger charge is -1.99. The number of halogens is 2. The lowest BCUT2D eigenvalue weighted by Crippen LogP contribution is -1.95. The van der Waals surface area contributed by atoms with E-state index in [9.17, 15) is 12.8 Å². The van der Waals surface area contributed by atoms with Crippen molar-refractivity contribution in [3.63, 3.8) is 0 Å². The zero-order chi connectivity index (χ0) is 13.9. The van der Waals surface area contributed by atoms with Crippen LogP contribution >= 0.6 is 11.6 Å². The predicted molar refractivity (Wildman–Crippen MR) is 74.1 cm³/mol. The van der Waals surface area contributed by atoms with Crippen LogP contribution in [0.1, 0.15) is 5.56 Å². The normalized spacial score (nSPS) is 11.9. The fraction of sp³-hybridized carbons (Fsp3) is 0. The molecule has 0 N–H and O–H groups in total. The van der Waals surface area contributed by atoms with Crippen LogP contribution in [-0.2, 0) is 9.84 Å². The molecule has 0 fully saturated rings.